The zero-order valence-electron chi connectivity index (χ0n) is 36.0. The van der Waals surface area contributed by atoms with E-state index in [1.807, 2.05) is 0 Å². The largest absolute Gasteiger partial charge is 0.506 e. The van der Waals surface area contributed by atoms with Crippen molar-refractivity contribution in [2.45, 2.75) is 155 Å². The van der Waals surface area contributed by atoms with Crippen molar-refractivity contribution in [1.29, 1.82) is 0 Å². The molecule has 5 heterocycles. The van der Waals surface area contributed by atoms with Gasteiger partial charge in [-0.2, -0.15) is 0 Å². The predicted octanol–water partition coefficient (Wildman–Crippen LogP) is -7.32. The predicted molar refractivity (Wildman–Crippen MR) is 216 cm³/mol. The van der Waals surface area contributed by atoms with Crippen molar-refractivity contribution in [3.63, 3.8) is 0 Å². The number of aliphatic hydroxyl groups excluding tert-OH is 11. The summed E-state index contributed by atoms with van der Waals surface area (Å²) >= 11 is 0. The number of fused-ring (bicyclic) bond motifs is 1. The van der Waals surface area contributed by atoms with Gasteiger partial charge in [0.2, 0.25) is 5.91 Å². The van der Waals surface area contributed by atoms with Crippen molar-refractivity contribution in [1.82, 2.24) is 15.6 Å². The number of aromatic hydroxyl groups is 1. The van der Waals surface area contributed by atoms with Crippen molar-refractivity contribution < 1.29 is 114 Å². The molecule has 4 saturated heterocycles. The molecule has 6 rings (SSSR count). The van der Waals surface area contributed by atoms with Crippen LogP contribution in [0, 0.1) is 0 Å². The van der Waals surface area contributed by atoms with Gasteiger partial charge in [-0.15, -0.1) is 0 Å². The number of H-pyrrole nitrogens is 1. The third-order valence-electron chi connectivity index (χ3n) is 12.2. The number of carboxylic acid groups (broad SMARTS) is 1. The minimum atomic E-state index is -3.15. The van der Waals surface area contributed by atoms with E-state index in [-0.39, 0.29) is 22.3 Å². The molecule has 9 unspecified atom stereocenters. The van der Waals surface area contributed by atoms with Crippen LogP contribution in [0.5, 0.6) is 5.75 Å². The molecular weight excluding hydrogens is 906 g/mol. The fraction of sp³-hybridized carbons (Fsp3) is 0.700. The molecule has 2 aromatic rings. The minimum Gasteiger partial charge on any atom is -0.506 e. The molecule has 16 N–H and O–H groups in total. The number of amides is 2. The van der Waals surface area contributed by atoms with Gasteiger partial charge in [-0.3, -0.25) is 14.4 Å². The summed E-state index contributed by atoms with van der Waals surface area (Å²) in [6.07, 6.45) is -34.8. The number of carbonyl (C=O) groups is 3. The number of phenols is 1. The quantitative estimate of drug-likeness (QED) is 0.0788. The van der Waals surface area contributed by atoms with E-state index < -0.39 is 178 Å². The van der Waals surface area contributed by atoms with E-state index >= 15 is 0 Å². The zero-order chi connectivity index (χ0) is 49.4. The first kappa shape index (κ1) is 52.3. The molecule has 376 valence electrons. The van der Waals surface area contributed by atoms with Gasteiger partial charge in [-0.25, -0.2) is 4.79 Å². The van der Waals surface area contributed by atoms with Crippen molar-refractivity contribution in [2.24, 2.45) is 0 Å². The fourth-order valence-corrected chi connectivity index (χ4v) is 8.61. The number of hydrogen-bond acceptors (Lipinski definition) is 23. The first-order valence-corrected chi connectivity index (χ1v) is 21.1. The molecule has 27 nitrogen and oxygen atoms in total. The number of para-hydroxylation sites is 1. The van der Waals surface area contributed by atoms with E-state index in [1.165, 1.54) is 32.0 Å². The molecule has 1 aromatic carbocycles. The summed E-state index contributed by atoms with van der Waals surface area (Å²) in [6, 6.07) is 1.90. The lowest BCUT2D eigenvalue weighted by Crippen LogP contribution is -2.71. The molecule has 0 radical (unpaired) electrons. The summed E-state index contributed by atoms with van der Waals surface area (Å²) < 4.78 is 41.2. The first-order chi connectivity index (χ1) is 31.6. The number of aromatic nitrogens is 1. The van der Waals surface area contributed by atoms with Crippen LogP contribution in [0.1, 0.15) is 37.7 Å². The van der Waals surface area contributed by atoms with E-state index in [0.29, 0.717) is 0 Å². The second kappa shape index (κ2) is 21.3. The Morgan fingerprint density at radius 3 is 2.10 bits per heavy atom. The van der Waals surface area contributed by atoms with Gasteiger partial charge in [0.15, 0.2) is 18.0 Å². The molecule has 1 aromatic heterocycles. The highest BCUT2D eigenvalue weighted by molar-refractivity contribution is 5.96. The topological polar surface area (TPSA) is 436 Å². The number of aliphatic carboxylic acids is 1. The number of pyridine rings is 1. The van der Waals surface area contributed by atoms with E-state index in [9.17, 15) is 85.6 Å². The van der Waals surface area contributed by atoms with Crippen LogP contribution < -0.4 is 16.1 Å². The number of rotatable bonds is 15. The monoisotopic (exact) mass is 963 g/mol. The summed E-state index contributed by atoms with van der Waals surface area (Å²) in [6.45, 7) is 0.662. The van der Waals surface area contributed by atoms with Crippen LogP contribution >= 0.6 is 0 Å². The average Bonchev–Trinajstić information content (AvgIpc) is 3.28. The van der Waals surface area contributed by atoms with Gasteiger partial charge in [-0.1, -0.05) is 6.07 Å². The molecule has 2 amide bonds. The SMILES string of the molecule is CC(=O)N[C@@H]1C(O)C[C@](OC2C(O)[C@@H](O[C@H]3C(CO)O[C@@H](C)C(NC(=O)c4cc(=O)c5cccc(O)c5[nH]4)[C@H]3O[C@@H]3OC(C)[C@H](O)C(O)[C@@H]3O)OC(CO)[C@H]2O)(C(=O)O)OC1[C@H](O)[C@H](O)CO. The molecule has 0 spiro atoms. The lowest BCUT2D eigenvalue weighted by molar-refractivity contribution is -0.385. The molecule has 0 saturated carbocycles. The molecule has 21 atom stereocenters. The van der Waals surface area contributed by atoms with Gasteiger partial charge in [0.1, 0.15) is 90.8 Å². The van der Waals surface area contributed by atoms with E-state index in [1.54, 1.807) is 0 Å². The van der Waals surface area contributed by atoms with Crippen LogP contribution in [0.15, 0.2) is 29.1 Å². The number of phenolic OH excluding ortho intramolecular Hbond substituents is 1. The zero-order valence-corrected chi connectivity index (χ0v) is 36.0. The Kier molecular flexibility index (Phi) is 16.6. The van der Waals surface area contributed by atoms with Crippen LogP contribution in [0.25, 0.3) is 10.9 Å². The smallest absolute Gasteiger partial charge is 0.364 e. The van der Waals surface area contributed by atoms with Gasteiger partial charge in [0.05, 0.1) is 55.7 Å². The highest BCUT2D eigenvalue weighted by Gasteiger charge is 2.60. The normalized spacial score (nSPS) is 40.1. The molecular formula is C40H57N3O24. The number of hydrogen-bond donors (Lipinski definition) is 16. The Morgan fingerprint density at radius 1 is 0.821 bits per heavy atom. The number of carbonyl (C=O) groups excluding carboxylic acids is 2. The Labute approximate surface area is 378 Å². The highest BCUT2D eigenvalue weighted by atomic mass is 16.8. The molecule has 27 heteroatoms. The van der Waals surface area contributed by atoms with Crippen molar-refractivity contribution in [3.8, 4) is 5.75 Å². The summed E-state index contributed by atoms with van der Waals surface area (Å²) in [4.78, 5) is 54.7. The Morgan fingerprint density at radius 2 is 1.48 bits per heavy atom. The van der Waals surface area contributed by atoms with Crippen LogP contribution in [0.3, 0.4) is 0 Å². The van der Waals surface area contributed by atoms with Gasteiger partial charge in [0, 0.05) is 24.8 Å². The summed E-state index contributed by atoms with van der Waals surface area (Å²) in [5.41, 5.74) is -1.15. The number of aliphatic hydroxyl groups is 11. The summed E-state index contributed by atoms with van der Waals surface area (Å²) in [5, 5.41) is 144. The van der Waals surface area contributed by atoms with Crippen molar-refractivity contribution >= 4 is 28.7 Å². The molecule has 4 aliphatic heterocycles. The first-order valence-electron chi connectivity index (χ1n) is 21.1. The van der Waals surface area contributed by atoms with Crippen molar-refractivity contribution in [2.75, 3.05) is 19.8 Å². The molecule has 0 aliphatic carbocycles. The van der Waals surface area contributed by atoms with E-state index in [2.05, 4.69) is 15.6 Å². The number of aromatic amines is 1. The number of carboxylic acids is 1. The lowest BCUT2D eigenvalue weighted by Gasteiger charge is -2.51. The molecule has 4 aliphatic rings. The number of nitrogens with one attached hydrogen (secondary N) is 3. The molecule has 4 fully saturated rings. The second-order valence-electron chi connectivity index (χ2n) is 16.9. The average molecular weight is 964 g/mol. The maximum atomic E-state index is 14.0. The van der Waals surface area contributed by atoms with Gasteiger partial charge in [-0.05, 0) is 26.0 Å². The van der Waals surface area contributed by atoms with Crippen LogP contribution in [0.4, 0.5) is 0 Å². The third kappa shape index (κ3) is 10.6. The Hall–Kier alpha value is -4.08. The second-order valence-corrected chi connectivity index (χ2v) is 16.9. The third-order valence-corrected chi connectivity index (χ3v) is 12.2. The molecule has 0 bridgehead atoms. The van der Waals surface area contributed by atoms with Crippen molar-refractivity contribution in [3.05, 3.63) is 40.2 Å². The van der Waals surface area contributed by atoms with Crippen LogP contribution in [-0.4, -0.2) is 237 Å². The maximum Gasteiger partial charge on any atom is 0.364 e. The Balaban J connectivity index is 1.36. The summed E-state index contributed by atoms with van der Waals surface area (Å²) in [7, 11) is 0. The van der Waals surface area contributed by atoms with Gasteiger partial charge >= 0.3 is 5.97 Å². The van der Waals surface area contributed by atoms with Crippen LogP contribution in [-0.2, 0) is 42.7 Å². The minimum absolute atomic E-state index is 0.0388. The van der Waals surface area contributed by atoms with Gasteiger partial charge < -0.3 is 115 Å². The fourth-order valence-electron chi connectivity index (χ4n) is 8.61. The number of benzene rings is 1. The lowest BCUT2D eigenvalue weighted by atomic mass is 9.88. The highest BCUT2D eigenvalue weighted by Crippen LogP contribution is 2.39. The summed E-state index contributed by atoms with van der Waals surface area (Å²) in [5.74, 6) is -7.37. The van der Waals surface area contributed by atoms with E-state index in [4.69, 9.17) is 33.2 Å². The number of ether oxygens (including phenoxy) is 7. The maximum absolute atomic E-state index is 14.0. The van der Waals surface area contributed by atoms with Gasteiger partial charge in [0.25, 0.3) is 11.7 Å². The molecule has 67 heavy (non-hydrogen) atoms. The standard InChI is InChI=1S/C40H57N3O24/c1-12-23(43-36(58)16-7-18(49)15-5-4-6-17(48)24(15)42-16)34(65-37-30(56)29(55)26(52)13(2)62-37)32(22(11-46)61-12)64-38-31(57)35(28(54)21(10-45)63-38)67-40(39(59)60)8-19(50)25(41-14(3)47)33(66-40)27(53)20(51)9-44/h4-7,12-13,19-23,25-35,37-38,44-46,48,50-57H,8-11H2,1-3H3,(H,41,47)(H,42,49)(H,43,58)(H,59,60)/t12-,13?,19?,20+,21?,22?,23?,25+,26-,27+,28+,29?,30-,31?,32-,33?,34+,35?,37-,38+,40-/m0/s1. The van der Waals surface area contributed by atoms with Crippen LogP contribution in [0.2, 0.25) is 0 Å². The van der Waals surface area contributed by atoms with E-state index in [0.717, 1.165) is 13.0 Å². The Bertz CT molecular complexity index is 2120.